The van der Waals surface area contributed by atoms with Crippen molar-refractivity contribution >= 4 is 54.1 Å². The monoisotopic (exact) mass is 611 g/mol. The second kappa shape index (κ2) is 14.3. The van der Waals surface area contributed by atoms with Crippen LogP contribution in [0.1, 0.15) is 17.2 Å². The number of carbonyl (C=O) groups is 1. The summed E-state index contributed by atoms with van der Waals surface area (Å²) < 4.78 is 31.6. The van der Waals surface area contributed by atoms with Crippen LogP contribution < -0.4 is 14.2 Å². The van der Waals surface area contributed by atoms with Crippen molar-refractivity contribution in [2.75, 3.05) is 20.7 Å². The van der Waals surface area contributed by atoms with E-state index in [4.69, 9.17) is 14.2 Å². The molecule has 0 radical (unpaired) electrons. The molecule has 0 fully saturated rings. The number of halogens is 4. The molecule has 0 saturated heterocycles. The Morgan fingerprint density at radius 3 is 2.60 bits per heavy atom. The molecular weight excluding hydrogens is 584 g/mol. The van der Waals surface area contributed by atoms with Gasteiger partial charge in [-0.1, -0.05) is 6.07 Å². The van der Waals surface area contributed by atoms with E-state index >= 15 is 0 Å². The Bertz CT molecular complexity index is 1430. The van der Waals surface area contributed by atoms with Crippen LogP contribution in [-0.4, -0.2) is 58.8 Å². The third-order valence-corrected chi connectivity index (χ3v) is 6.31. The van der Waals surface area contributed by atoms with Gasteiger partial charge in [-0.15, -0.1) is 37.2 Å². The molecule has 5 rings (SSSR count). The normalized spacial score (nSPS) is 16.3. The van der Waals surface area contributed by atoms with Gasteiger partial charge < -0.3 is 19.3 Å². The second-order valence-electron chi connectivity index (χ2n) is 9.06. The number of aromatic nitrogens is 2. The number of benzene rings is 2. The maximum absolute atomic E-state index is 13.5. The summed E-state index contributed by atoms with van der Waals surface area (Å²) in [6.45, 7) is 0.370. The van der Waals surface area contributed by atoms with E-state index in [1.807, 2.05) is 0 Å². The predicted molar refractivity (Wildman–Crippen MR) is 156 cm³/mol. The summed E-state index contributed by atoms with van der Waals surface area (Å²) in [4.78, 5) is 22.7. The third kappa shape index (κ3) is 7.22. The maximum Gasteiger partial charge on any atom is 0.321 e. The van der Waals surface area contributed by atoms with E-state index in [1.54, 1.807) is 79.9 Å². The number of likely N-dealkylation sites (N-methyl/N-ethyl adjacent to an activating group) is 1. The first-order chi connectivity index (χ1) is 17.9. The molecule has 0 bridgehead atoms. The molecule has 1 aliphatic heterocycles. The van der Waals surface area contributed by atoms with Crippen LogP contribution in [-0.2, 0) is 11.4 Å². The van der Waals surface area contributed by atoms with E-state index in [0.717, 1.165) is 0 Å². The van der Waals surface area contributed by atoms with Crippen LogP contribution in [0.5, 0.6) is 17.2 Å². The van der Waals surface area contributed by atoms with Gasteiger partial charge in [-0.05, 0) is 68.7 Å². The van der Waals surface area contributed by atoms with Gasteiger partial charge in [-0.3, -0.25) is 14.7 Å². The lowest BCUT2D eigenvalue weighted by molar-refractivity contribution is -0.144. The molecule has 1 N–H and O–H groups in total. The van der Waals surface area contributed by atoms with Gasteiger partial charge >= 0.3 is 5.97 Å². The largest absolute Gasteiger partial charge is 0.489 e. The number of fused-ring (bicyclic) bond motifs is 2. The molecule has 0 aliphatic carbocycles. The Balaban J connectivity index is 0.00000187. The van der Waals surface area contributed by atoms with Gasteiger partial charge in [0.15, 0.2) is 0 Å². The lowest BCUT2D eigenvalue weighted by Gasteiger charge is -2.39. The van der Waals surface area contributed by atoms with Crippen molar-refractivity contribution < 1.29 is 28.5 Å². The molecule has 4 aromatic rings. The SMILES string of the molecule is CN(C)C(C(=O)O)[C@H]1c2cc(OCc3ccc4cc(F)ccc4n3)ccc2OC[C@H]1Oc1cccnc1.Cl.Cl.Cl. The van der Waals surface area contributed by atoms with Crippen LogP contribution in [0, 0.1) is 5.82 Å². The summed E-state index contributed by atoms with van der Waals surface area (Å²) >= 11 is 0. The number of ether oxygens (including phenoxy) is 3. The van der Waals surface area contributed by atoms with E-state index in [0.29, 0.717) is 39.4 Å². The summed E-state index contributed by atoms with van der Waals surface area (Å²) in [6.07, 6.45) is 2.66. The highest BCUT2D eigenvalue weighted by molar-refractivity contribution is 5.86. The first kappa shape index (κ1) is 32.8. The molecule has 214 valence electrons. The van der Waals surface area contributed by atoms with E-state index in [2.05, 4.69) is 9.97 Å². The molecule has 2 aromatic heterocycles. The zero-order valence-electron chi connectivity index (χ0n) is 21.6. The molecule has 3 atom stereocenters. The lowest BCUT2D eigenvalue weighted by Crippen LogP contribution is -2.50. The topological polar surface area (TPSA) is 94.0 Å². The van der Waals surface area contributed by atoms with Crippen LogP contribution in [0.3, 0.4) is 0 Å². The first-order valence-corrected chi connectivity index (χ1v) is 11.8. The Morgan fingerprint density at radius 2 is 1.90 bits per heavy atom. The molecule has 1 unspecified atom stereocenters. The van der Waals surface area contributed by atoms with Crippen molar-refractivity contribution in [2.24, 2.45) is 0 Å². The minimum absolute atomic E-state index is 0. The van der Waals surface area contributed by atoms with Gasteiger partial charge in [0, 0.05) is 17.1 Å². The standard InChI is InChI=1S/C28H26FN3O5.3ClH/c1-32(2)27(28(33)34)26-22-13-20(35-15-19-7-5-17-12-18(29)6-9-23(17)31-19)8-10-24(22)36-16-25(26)37-21-4-3-11-30-14-21;;;/h3-14,25-27H,15-16H2,1-2H3,(H,33,34);3*1H/t25-,26+,27?;;;/m1.../s1. The number of aliphatic carboxylic acids is 1. The number of hydrogen-bond donors (Lipinski definition) is 1. The molecule has 0 amide bonds. The number of hydrogen-bond acceptors (Lipinski definition) is 7. The van der Waals surface area contributed by atoms with Crippen LogP contribution in [0.25, 0.3) is 10.9 Å². The first-order valence-electron chi connectivity index (χ1n) is 11.8. The highest BCUT2D eigenvalue weighted by Gasteiger charge is 2.43. The fraction of sp³-hybridized carbons (Fsp3) is 0.250. The quantitative estimate of drug-likeness (QED) is 0.277. The summed E-state index contributed by atoms with van der Waals surface area (Å²) in [6, 6.07) is 16.0. The highest BCUT2D eigenvalue weighted by Crippen LogP contribution is 2.41. The van der Waals surface area contributed by atoms with Gasteiger partial charge in [0.05, 0.1) is 23.3 Å². The molecule has 8 nitrogen and oxygen atoms in total. The maximum atomic E-state index is 13.5. The average molecular weight is 613 g/mol. The highest BCUT2D eigenvalue weighted by atomic mass is 35.5. The summed E-state index contributed by atoms with van der Waals surface area (Å²) in [7, 11) is 3.46. The number of pyridine rings is 2. The summed E-state index contributed by atoms with van der Waals surface area (Å²) in [5.41, 5.74) is 2.03. The van der Waals surface area contributed by atoms with E-state index in [-0.39, 0.29) is 56.3 Å². The van der Waals surface area contributed by atoms with Crippen LogP contribution in [0.4, 0.5) is 4.39 Å². The fourth-order valence-electron chi connectivity index (χ4n) is 4.63. The van der Waals surface area contributed by atoms with Gasteiger partial charge in [0.25, 0.3) is 0 Å². The predicted octanol–water partition coefficient (Wildman–Crippen LogP) is 5.55. The Hall–Kier alpha value is -3.37. The molecule has 1 aliphatic rings. The molecule has 0 spiro atoms. The van der Waals surface area contributed by atoms with Crippen molar-refractivity contribution in [3.05, 3.63) is 90.1 Å². The van der Waals surface area contributed by atoms with Gasteiger partial charge in [-0.25, -0.2) is 9.37 Å². The van der Waals surface area contributed by atoms with Crippen molar-refractivity contribution in [2.45, 2.75) is 24.7 Å². The van der Waals surface area contributed by atoms with Crippen LogP contribution in [0.15, 0.2) is 73.1 Å². The zero-order chi connectivity index (χ0) is 25.9. The number of nitrogens with zero attached hydrogens (tertiary/aromatic N) is 3. The fourth-order valence-corrected chi connectivity index (χ4v) is 4.63. The molecule has 0 saturated carbocycles. The van der Waals surface area contributed by atoms with E-state index < -0.39 is 24.0 Å². The minimum atomic E-state index is -0.967. The van der Waals surface area contributed by atoms with E-state index in [1.165, 1.54) is 12.1 Å². The Kier molecular flexibility index (Phi) is 11.8. The molecular formula is C28H29Cl3FN3O5. The van der Waals surface area contributed by atoms with Gasteiger partial charge in [0.2, 0.25) is 0 Å². The lowest BCUT2D eigenvalue weighted by atomic mass is 9.83. The molecule has 3 heterocycles. The third-order valence-electron chi connectivity index (χ3n) is 6.31. The van der Waals surface area contributed by atoms with Crippen LogP contribution in [0.2, 0.25) is 0 Å². The van der Waals surface area contributed by atoms with Crippen molar-refractivity contribution in [1.82, 2.24) is 14.9 Å². The van der Waals surface area contributed by atoms with Crippen molar-refractivity contribution in [1.29, 1.82) is 0 Å². The van der Waals surface area contributed by atoms with Crippen LogP contribution >= 0.6 is 37.2 Å². The zero-order valence-corrected chi connectivity index (χ0v) is 24.0. The Labute approximate surface area is 249 Å². The van der Waals surface area contributed by atoms with Gasteiger partial charge in [-0.2, -0.15) is 0 Å². The minimum Gasteiger partial charge on any atom is -0.489 e. The van der Waals surface area contributed by atoms with Crippen molar-refractivity contribution in [3.8, 4) is 17.2 Å². The molecule has 2 aromatic carbocycles. The summed E-state index contributed by atoms with van der Waals surface area (Å²) in [5.74, 6) is -0.172. The van der Waals surface area contributed by atoms with E-state index in [9.17, 15) is 14.3 Å². The number of rotatable bonds is 8. The Morgan fingerprint density at radius 1 is 1.10 bits per heavy atom. The van der Waals surface area contributed by atoms with Gasteiger partial charge in [0.1, 0.15) is 48.4 Å². The molecule has 12 heteroatoms. The number of carboxylic acid groups (broad SMARTS) is 1. The average Bonchev–Trinajstić information content (AvgIpc) is 2.89. The smallest absolute Gasteiger partial charge is 0.321 e. The molecule has 40 heavy (non-hydrogen) atoms. The number of carboxylic acids is 1. The second-order valence-corrected chi connectivity index (χ2v) is 9.06. The summed E-state index contributed by atoms with van der Waals surface area (Å²) in [5, 5.41) is 10.8. The van der Waals surface area contributed by atoms with Crippen molar-refractivity contribution in [3.63, 3.8) is 0 Å².